The molecule has 3 rings (SSSR count). The number of hydrogen-bond acceptors (Lipinski definition) is 3. The summed E-state index contributed by atoms with van der Waals surface area (Å²) in [6.45, 7) is 8.98. The lowest BCUT2D eigenvalue weighted by Crippen LogP contribution is -2.52. The van der Waals surface area contributed by atoms with Gasteiger partial charge in [0.15, 0.2) is 0 Å². The van der Waals surface area contributed by atoms with Crippen LogP contribution in [-0.4, -0.2) is 61.7 Å². The third kappa shape index (κ3) is 6.33. The van der Waals surface area contributed by atoms with Gasteiger partial charge in [0.05, 0.1) is 0 Å². The number of hydrogen-bond donors (Lipinski definition) is 1. The third-order valence-electron chi connectivity index (χ3n) is 5.46. The van der Waals surface area contributed by atoms with E-state index in [-0.39, 0.29) is 37.2 Å². The van der Waals surface area contributed by atoms with Gasteiger partial charge in [0.2, 0.25) is 0 Å². The van der Waals surface area contributed by atoms with Crippen LogP contribution < -0.4 is 5.32 Å². The molecule has 2 saturated heterocycles. The van der Waals surface area contributed by atoms with Gasteiger partial charge < -0.3 is 5.32 Å². The Morgan fingerprint density at radius 2 is 1.36 bits per heavy atom. The number of halogens is 3. The Hall–Kier alpha value is 0.750. The smallest absolute Gasteiger partial charge is 0.0251 e. The predicted octanol–water partition coefficient (Wildman–Crippen LogP) is 3.20. The van der Waals surface area contributed by atoms with Crippen LogP contribution in [0.4, 0.5) is 0 Å². The van der Waals surface area contributed by atoms with Crippen LogP contribution in [0.1, 0.15) is 44.9 Å². The first kappa shape index (κ1) is 22.8. The number of nitrogens with zero attached hydrogens (tertiary/aromatic N) is 2. The van der Waals surface area contributed by atoms with Crippen molar-refractivity contribution in [2.24, 2.45) is 5.92 Å². The zero-order valence-electron chi connectivity index (χ0n) is 13.7. The summed E-state index contributed by atoms with van der Waals surface area (Å²) in [7, 11) is 0. The molecule has 134 valence electrons. The van der Waals surface area contributed by atoms with Gasteiger partial charge in [0, 0.05) is 38.8 Å². The van der Waals surface area contributed by atoms with Crippen LogP contribution in [0, 0.1) is 5.92 Å². The molecule has 1 unspecified atom stereocenters. The Labute approximate surface area is 155 Å². The molecule has 1 saturated carbocycles. The van der Waals surface area contributed by atoms with E-state index in [9.17, 15) is 0 Å². The van der Waals surface area contributed by atoms with Crippen LogP contribution in [0.15, 0.2) is 0 Å². The van der Waals surface area contributed by atoms with Crippen LogP contribution in [-0.2, 0) is 0 Å². The first-order chi connectivity index (χ1) is 9.43. The maximum absolute atomic E-state index is 3.48. The molecule has 2 heterocycles. The van der Waals surface area contributed by atoms with Crippen LogP contribution in [0.5, 0.6) is 0 Å². The van der Waals surface area contributed by atoms with Gasteiger partial charge in [-0.15, -0.1) is 37.2 Å². The van der Waals surface area contributed by atoms with E-state index in [4.69, 9.17) is 0 Å². The fourth-order valence-corrected chi connectivity index (χ4v) is 4.31. The van der Waals surface area contributed by atoms with E-state index in [0.29, 0.717) is 0 Å². The quantitative estimate of drug-likeness (QED) is 0.815. The fourth-order valence-electron chi connectivity index (χ4n) is 4.31. The average Bonchev–Trinajstić information content (AvgIpc) is 3.01. The standard InChI is InChI=1S/C16H31N3.3ClH/c1-2-6-15(7-3-1)16(19-10-4-5-11-19)14-18-12-8-17-9-13-18;;;/h15-17H,1-14H2;3*1H. The second-order valence-electron chi connectivity index (χ2n) is 6.76. The number of rotatable bonds is 4. The van der Waals surface area contributed by atoms with E-state index in [1.54, 1.807) is 0 Å². The number of likely N-dealkylation sites (tertiary alicyclic amines) is 1. The summed E-state index contributed by atoms with van der Waals surface area (Å²) in [5.41, 5.74) is 0. The molecular formula is C16H34Cl3N3. The topological polar surface area (TPSA) is 18.5 Å². The molecule has 6 heteroatoms. The van der Waals surface area contributed by atoms with Crippen molar-refractivity contribution in [3.05, 3.63) is 0 Å². The van der Waals surface area contributed by atoms with E-state index in [2.05, 4.69) is 15.1 Å². The van der Waals surface area contributed by atoms with Gasteiger partial charge in [-0.3, -0.25) is 9.80 Å². The summed E-state index contributed by atoms with van der Waals surface area (Å²) in [4.78, 5) is 5.55. The summed E-state index contributed by atoms with van der Waals surface area (Å²) >= 11 is 0. The maximum atomic E-state index is 3.48. The van der Waals surface area contributed by atoms with Gasteiger partial charge in [-0.1, -0.05) is 19.3 Å². The average molecular weight is 375 g/mol. The summed E-state index contributed by atoms with van der Waals surface area (Å²) in [5.74, 6) is 0.988. The van der Waals surface area contributed by atoms with E-state index in [1.165, 1.54) is 90.8 Å². The van der Waals surface area contributed by atoms with Gasteiger partial charge in [0.25, 0.3) is 0 Å². The van der Waals surface area contributed by atoms with E-state index in [0.717, 1.165) is 12.0 Å². The molecule has 1 atom stereocenters. The lowest BCUT2D eigenvalue weighted by atomic mass is 9.83. The zero-order valence-corrected chi connectivity index (χ0v) is 16.1. The van der Waals surface area contributed by atoms with Crippen molar-refractivity contribution in [1.82, 2.24) is 15.1 Å². The van der Waals surface area contributed by atoms with Gasteiger partial charge in [0.1, 0.15) is 0 Å². The highest BCUT2D eigenvalue weighted by atomic mass is 35.5. The molecule has 3 fully saturated rings. The Bertz CT molecular complexity index is 263. The first-order valence-electron chi connectivity index (χ1n) is 8.60. The Morgan fingerprint density at radius 1 is 0.773 bits per heavy atom. The normalized spacial score (nSPS) is 25.6. The highest BCUT2D eigenvalue weighted by Crippen LogP contribution is 2.31. The van der Waals surface area contributed by atoms with Crippen molar-refractivity contribution in [3.8, 4) is 0 Å². The lowest BCUT2D eigenvalue weighted by Gasteiger charge is -2.40. The van der Waals surface area contributed by atoms with E-state index >= 15 is 0 Å². The molecule has 0 amide bonds. The second-order valence-corrected chi connectivity index (χ2v) is 6.76. The summed E-state index contributed by atoms with van der Waals surface area (Å²) in [6, 6.07) is 0.862. The van der Waals surface area contributed by atoms with Crippen LogP contribution in [0.25, 0.3) is 0 Å². The van der Waals surface area contributed by atoms with Gasteiger partial charge in [-0.25, -0.2) is 0 Å². The Kier molecular flexibility index (Phi) is 12.6. The Morgan fingerprint density at radius 3 is 1.95 bits per heavy atom. The molecule has 0 aromatic rings. The van der Waals surface area contributed by atoms with E-state index < -0.39 is 0 Å². The number of piperazine rings is 1. The second kappa shape index (κ2) is 12.2. The molecule has 0 aromatic heterocycles. The van der Waals surface area contributed by atoms with Crippen LogP contribution in [0.3, 0.4) is 0 Å². The SMILES string of the molecule is C1CCC(C(CN2CCNCC2)N2CCCC2)CC1.Cl.Cl.Cl. The van der Waals surface area contributed by atoms with Crippen LogP contribution in [0.2, 0.25) is 0 Å². The zero-order chi connectivity index (χ0) is 12.9. The minimum atomic E-state index is 0. The fraction of sp³-hybridized carbons (Fsp3) is 1.00. The van der Waals surface area contributed by atoms with Gasteiger partial charge in [-0.05, 0) is 44.7 Å². The van der Waals surface area contributed by atoms with Crippen LogP contribution >= 0.6 is 37.2 Å². The molecule has 3 nitrogen and oxygen atoms in total. The highest BCUT2D eigenvalue weighted by Gasteiger charge is 2.31. The highest BCUT2D eigenvalue weighted by molar-refractivity contribution is 5.86. The summed E-state index contributed by atoms with van der Waals surface area (Å²) < 4.78 is 0. The molecule has 0 bridgehead atoms. The van der Waals surface area contributed by atoms with Gasteiger partial charge >= 0.3 is 0 Å². The monoisotopic (exact) mass is 373 g/mol. The number of nitrogens with one attached hydrogen (secondary N) is 1. The molecule has 3 aliphatic rings. The predicted molar refractivity (Wildman–Crippen MR) is 102 cm³/mol. The first-order valence-corrected chi connectivity index (χ1v) is 8.60. The minimum Gasteiger partial charge on any atom is -0.314 e. The Balaban J connectivity index is 0.00000147. The van der Waals surface area contributed by atoms with Crippen molar-refractivity contribution < 1.29 is 0 Å². The largest absolute Gasteiger partial charge is 0.314 e. The van der Waals surface area contributed by atoms with Gasteiger partial charge in [-0.2, -0.15) is 0 Å². The summed E-state index contributed by atoms with van der Waals surface area (Å²) in [5, 5.41) is 3.48. The molecule has 0 spiro atoms. The maximum Gasteiger partial charge on any atom is 0.0251 e. The molecule has 1 N–H and O–H groups in total. The third-order valence-corrected chi connectivity index (χ3v) is 5.46. The molecule has 1 aliphatic carbocycles. The molecule has 22 heavy (non-hydrogen) atoms. The van der Waals surface area contributed by atoms with E-state index in [1.807, 2.05) is 0 Å². The van der Waals surface area contributed by atoms with Crippen molar-refractivity contribution in [3.63, 3.8) is 0 Å². The lowest BCUT2D eigenvalue weighted by molar-refractivity contribution is 0.0908. The molecular weight excluding hydrogens is 341 g/mol. The molecule has 0 radical (unpaired) electrons. The summed E-state index contributed by atoms with van der Waals surface area (Å²) in [6.07, 6.45) is 10.3. The molecule has 2 aliphatic heterocycles. The van der Waals surface area contributed by atoms with Crippen molar-refractivity contribution in [2.45, 2.75) is 51.0 Å². The minimum absolute atomic E-state index is 0. The van der Waals surface area contributed by atoms with Crippen molar-refractivity contribution >= 4 is 37.2 Å². The molecule has 0 aromatic carbocycles. The van der Waals surface area contributed by atoms with Crippen molar-refractivity contribution in [1.29, 1.82) is 0 Å². The van der Waals surface area contributed by atoms with Crippen molar-refractivity contribution in [2.75, 3.05) is 45.8 Å².